The summed E-state index contributed by atoms with van der Waals surface area (Å²) in [5.41, 5.74) is 7.61. The normalized spacial score (nSPS) is 22.6. The summed E-state index contributed by atoms with van der Waals surface area (Å²) in [4.78, 5) is 30.8. The van der Waals surface area contributed by atoms with Gasteiger partial charge < -0.3 is 26.2 Å². The van der Waals surface area contributed by atoms with Gasteiger partial charge in [-0.15, -0.1) is 24.8 Å². The van der Waals surface area contributed by atoms with Crippen LogP contribution in [0.15, 0.2) is 24.3 Å². The standard InChI is InChI=1S/C25H37N5O2.2ClH/c1-25(23(31)17-26,28-24(32)22-4-3-11-27-22)21-10-9-20(30-14-12-29(2)13-15-30)16-19(21)8-7-18-5-6-18;;/h7-10,16,18,22,27H,3-6,11-15,17,26H2,1-2H3,(H,28,32);2*1H/b8-7+;;/t22-,25-;;/m0../s1. The number of amides is 1. The molecule has 2 heterocycles. The molecule has 190 valence electrons. The van der Waals surface area contributed by atoms with E-state index in [-0.39, 0.29) is 49.1 Å². The fourth-order valence-corrected chi connectivity index (χ4v) is 4.67. The van der Waals surface area contributed by atoms with Crippen LogP contribution >= 0.6 is 24.8 Å². The highest BCUT2D eigenvalue weighted by Crippen LogP contribution is 2.34. The van der Waals surface area contributed by atoms with Crippen LogP contribution in [0.1, 0.15) is 43.7 Å². The fourth-order valence-electron chi connectivity index (χ4n) is 4.67. The van der Waals surface area contributed by atoms with Crippen molar-refractivity contribution in [2.45, 2.75) is 44.2 Å². The largest absolute Gasteiger partial charge is 0.369 e. The molecule has 0 unspecified atom stereocenters. The van der Waals surface area contributed by atoms with Crippen molar-refractivity contribution in [3.05, 3.63) is 35.4 Å². The van der Waals surface area contributed by atoms with Crippen LogP contribution in [0.3, 0.4) is 0 Å². The summed E-state index contributed by atoms with van der Waals surface area (Å²) in [7, 11) is 2.15. The lowest BCUT2D eigenvalue weighted by Gasteiger charge is -2.36. The predicted molar refractivity (Wildman–Crippen MR) is 143 cm³/mol. The van der Waals surface area contributed by atoms with Crippen LogP contribution in [0, 0.1) is 5.92 Å². The van der Waals surface area contributed by atoms with Gasteiger partial charge in [-0.1, -0.05) is 18.2 Å². The number of benzene rings is 1. The van der Waals surface area contributed by atoms with E-state index in [1.165, 1.54) is 12.8 Å². The van der Waals surface area contributed by atoms with Gasteiger partial charge in [-0.3, -0.25) is 9.59 Å². The molecule has 3 aliphatic rings. The minimum Gasteiger partial charge on any atom is -0.369 e. The first-order valence-electron chi connectivity index (χ1n) is 12.0. The van der Waals surface area contributed by atoms with Crippen LogP contribution < -0.4 is 21.3 Å². The second-order valence-electron chi connectivity index (χ2n) is 9.65. The van der Waals surface area contributed by atoms with E-state index in [1.54, 1.807) is 6.92 Å². The Kier molecular flexibility index (Phi) is 10.4. The summed E-state index contributed by atoms with van der Waals surface area (Å²) in [6.45, 7) is 6.52. The number of carbonyl (C=O) groups excluding carboxylic acids is 2. The maximum Gasteiger partial charge on any atom is 0.238 e. The monoisotopic (exact) mass is 511 g/mol. The summed E-state index contributed by atoms with van der Waals surface area (Å²) in [6.07, 6.45) is 8.55. The second kappa shape index (κ2) is 12.4. The molecule has 1 aliphatic carbocycles. The highest BCUT2D eigenvalue weighted by molar-refractivity contribution is 5.97. The number of carbonyl (C=O) groups is 2. The van der Waals surface area contributed by atoms with Crippen LogP contribution in [-0.4, -0.2) is 68.9 Å². The molecule has 1 saturated carbocycles. The maximum absolute atomic E-state index is 13.1. The number of hydrogen-bond acceptors (Lipinski definition) is 6. The zero-order valence-electron chi connectivity index (χ0n) is 20.2. The van der Waals surface area contributed by atoms with Crippen LogP contribution in [0.4, 0.5) is 5.69 Å². The molecule has 1 aromatic rings. The first-order chi connectivity index (χ1) is 15.4. The minimum absolute atomic E-state index is 0. The van der Waals surface area contributed by atoms with Gasteiger partial charge in [0.05, 0.1) is 12.6 Å². The number of piperazine rings is 1. The number of nitrogens with one attached hydrogen (secondary N) is 2. The lowest BCUT2D eigenvalue weighted by Crippen LogP contribution is -2.56. The van der Waals surface area contributed by atoms with Crippen molar-refractivity contribution in [1.29, 1.82) is 0 Å². The molecule has 2 aliphatic heterocycles. The average Bonchev–Trinajstić information content (AvgIpc) is 3.47. The molecule has 7 nitrogen and oxygen atoms in total. The molecule has 0 bridgehead atoms. The molecule has 1 aromatic carbocycles. The number of nitrogens with two attached hydrogens (primary N) is 1. The summed E-state index contributed by atoms with van der Waals surface area (Å²) >= 11 is 0. The molecule has 4 rings (SSSR count). The van der Waals surface area contributed by atoms with Crippen molar-refractivity contribution in [1.82, 2.24) is 15.5 Å². The highest BCUT2D eigenvalue weighted by Gasteiger charge is 2.39. The van der Waals surface area contributed by atoms with E-state index in [4.69, 9.17) is 5.73 Å². The van der Waals surface area contributed by atoms with E-state index in [9.17, 15) is 9.59 Å². The number of likely N-dealkylation sites (N-methyl/N-ethyl adjacent to an activating group) is 1. The Morgan fingerprint density at radius 1 is 1.18 bits per heavy atom. The number of Topliss-reactive ketones (excluding diaryl/α,β-unsaturated/α-hetero) is 1. The van der Waals surface area contributed by atoms with Gasteiger partial charge in [0.15, 0.2) is 5.78 Å². The van der Waals surface area contributed by atoms with Crippen molar-refractivity contribution >= 4 is 48.3 Å². The van der Waals surface area contributed by atoms with Crippen molar-refractivity contribution < 1.29 is 9.59 Å². The number of rotatable bonds is 8. The lowest BCUT2D eigenvalue weighted by molar-refractivity contribution is -0.132. The third-order valence-corrected chi connectivity index (χ3v) is 7.11. The van der Waals surface area contributed by atoms with Gasteiger partial charge in [0.1, 0.15) is 5.54 Å². The Balaban J connectivity index is 0.00000204. The second-order valence-corrected chi connectivity index (χ2v) is 9.65. The Hall–Kier alpha value is -1.64. The topological polar surface area (TPSA) is 90.7 Å². The third kappa shape index (κ3) is 6.52. The zero-order chi connectivity index (χ0) is 22.7. The first-order valence-corrected chi connectivity index (χ1v) is 12.0. The molecular weight excluding hydrogens is 473 g/mol. The fraction of sp³-hybridized carbons (Fsp3) is 0.600. The van der Waals surface area contributed by atoms with E-state index in [0.29, 0.717) is 5.92 Å². The van der Waals surface area contributed by atoms with E-state index >= 15 is 0 Å². The maximum atomic E-state index is 13.1. The smallest absolute Gasteiger partial charge is 0.238 e. The molecule has 3 fully saturated rings. The van der Waals surface area contributed by atoms with Gasteiger partial charge >= 0.3 is 0 Å². The number of halogens is 2. The first kappa shape index (κ1) is 28.6. The summed E-state index contributed by atoms with van der Waals surface area (Å²) in [6, 6.07) is 6.00. The average molecular weight is 513 g/mol. The zero-order valence-corrected chi connectivity index (χ0v) is 21.9. The van der Waals surface area contributed by atoms with Gasteiger partial charge in [-0.2, -0.15) is 0 Å². The molecule has 0 aromatic heterocycles. The molecular formula is C25H39Cl2N5O2. The number of nitrogens with zero attached hydrogens (tertiary/aromatic N) is 2. The van der Waals surface area contributed by atoms with Crippen molar-refractivity contribution in [2.75, 3.05) is 51.2 Å². The summed E-state index contributed by atoms with van der Waals surface area (Å²) in [5.74, 6) is 0.299. The van der Waals surface area contributed by atoms with E-state index < -0.39 is 5.54 Å². The van der Waals surface area contributed by atoms with Crippen molar-refractivity contribution in [3.63, 3.8) is 0 Å². The molecule has 1 amide bonds. The number of ketones is 1. The quantitative estimate of drug-likeness (QED) is 0.496. The Morgan fingerprint density at radius 2 is 1.88 bits per heavy atom. The number of hydrogen-bond donors (Lipinski definition) is 3. The predicted octanol–water partition coefficient (Wildman–Crippen LogP) is 2.32. The Morgan fingerprint density at radius 3 is 2.47 bits per heavy atom. The van der Waals surface area contributed by atoms with Crippen LogP contribution in [0.5, 0.6) is 0 Å². The van der Waals surface area contributed by atoms with Gasteiger partial charge in [0, 0.05) is 31.9 Å². The lowest BCUT2D eigenvalue weighted by atomic mass is 9.83. The molecule has 0 spiro atoms. The van der Waals surface area contributed by atoms with E-state index in [2.05, 4.69) is 51.8 Å². The molecule has 0 radical (unpaired) electrons. The van der Waals surface area contributed by atoms with E-state index in [1.807, 2.05) is 6.07 Å². The molecule has 34 heavy (non-hydrogen) atoms. The van der Waals surface area contributed by atoms with Gasteiger partial charge in [0.25, 0.3) is 0 Å². The van der Waals surface area contributed by atoms with Gasteiger partial charge in [-0.25, -0.2) is 0 Å². The van der Waals surface area contributed by atoms with Gasteiger partial charge in [0.2, 0.25) is 5.91 Å². The van der Waals surface area contributed by atoms with Crippen LogP contribution in [0.25, 0.3) is 6.08 Å². The van der Waals surface area contributed by atoms with E-state index in [0.717, 1.165) is 62.4 Å². The summed E-state index contributed by atoms with van der Waals surface area (Å²) < 4.78 is 0. The number of allylic oxidation sites excluding steroid dienone is 1. The SMILES string of the molecule is CN1CCN(c2ccc([C@](C)(NC(=O)[C@@H]3CCCN3)C(=O)CN)c(/C=C/C3CC3)c2)CC1.Cl.Cl. The van der Waals surface area contributed by atoms with Crippen LogP contribution in [0.2, 0.25) is 0 Å². The third-order valence-electron chi connectivity index (χ3n) is 7.11. The van der Waals surface area contributed by atoms with Crippen molar-refractivity contribution in [3.8, 4) is 0 Å². The Labute approximate surface area is 215 Å². The van der Waals surface area contributed by atoms with Gasteiger partial charge in [-0.05, 0) is 75.4 Å². The minimum atomic E-state index is -1.17. The Bertz CT molecular complexity index is 878. The summed E-state index contributed by atoms with van der Waals surface area (Å²) in [5, 5.41) is 6.29. The molecule has 2 atom stereocenters. The van der Waals surface area contributed by atoms with Crippen molar-refractivity contribution in [2.24, 2.45) is 11.7 Å². The molecule has 4 N–H and O–H groups in total. The molecule has 2 saturated heterocycles. The highest BCUT2D eigenvalue weighted by atomic mass is 35.5. The van der Waals surface area contributed by atoms with Crippen LogP contribution in [-0.2, 0) is 15.1 Å². The molecule has 9 heteroatoms. The number of anilines is 1.